The van der Waals surface area contributed by atoms with E-state index in [1.54, 1.807) is 0 Å². The lowest BCUT2D eigenvalue weighted by molar-refractivity contribution is -0.118. The Morgan fingerprint density at radius 3 is 2.50 bits per heavy atom. The van der Waals surface area contributed by atoms with Gasteiger partial charge in [-0.15, -0.1) is 0 Å². The molecule has 2 aromatic rings. The predicted octanol–water partition coefficient (Wildman–Crippen LogP) is 3.39. The number of nitrogens with one attached hydrogen (secondary N) is 1. The minimum absolute atomic E-state index is 0.0901. The lowest BCUT2D eigenvalue weighted by Crippen LogP contribution is -2.33. The zero-order valence-corrected chi connectivity index (χ0v) is 14.0. The van der Waals surface area contributed by atoms with Crippen LogP contribution in [0.4, 0.5) is 11.4 Å². The summed E-state index contributed by atoms with van der Waals surface area (Å²) in [4.78, 5) is 26.5. The number of anilines is 2. The zero-order valence-electron chi connectivity index (χ0n) is 14.0. The van der Waals surface area contributed by atoms with E-state index in [1.807, 2.05) is 42.2 Å². The second-order valence-corrected chi connectivity index (χ2v) is 6.69. The highest BCUT2D eigenvalue weighted by atomic mass is 16.2. The molecule has 2 amide bonds. The number of hydrogen-bond acceptors (Lipinski definition) is 2. The summed E-state index contributed by atoms with van der Waals surface area (Å²) in [5.41, 5.74) is 7.15. The van der Waals surface area contributed by atoms with Crippen molar-refractivity contribution < 1.29 is 9.59 Å². The SMILES string of the molecule is Cc1ccc(NC(=O)c2cc3c4c(c2)CCN4C(=O)CC3)cc1C. The van der Waals surface area contributed by atoms with Crippen molar-refractivity contribution in [2.24, 2.45) is 0 Å². The Bertz CT molecular complexity index is 870. The minimum Gasteiger partial charge on any atom is -0.322 e. The molecular formula is C20H20N2O2. The van der Waals surface area contributed by atoms with Gasteiger partial charge >= 0.3 is 0 Å². The van der Waals surface area contributed by atoms with E-state index in [1.165, 1.54) is 5.56 Å². The van der Waals surface area contributed by atoms with Crippen molar-refractivity contribution in [2.75, 3.05) is 16.8 Å². The molecule has 2 aliphatic heterocycles. The van der Waals surface area contributed by atoms with Crippen molar-refractivity contribution >= 4 is 23.2 Å². The molecule has 0 atom stereocenters. The normalized spacial score (nSPS) is 15.4. The quantitative estimate of drug-likeness (QED) is 0.922. The number of hydrogen-bond donors (Lipinski definition) is 1. The van der Waals surface area contributed by atoms with Crippen LogP contribution in [0.15, 0.2) is 30.3 Å². The summed E-state index contributed by atoms with van der Waals surface area (Å²) in [6.45, 7) is 4.83. The molecule has 2 aliphatic rings. The van der Waals surface area contributed by atoms with Crippen LogP contribution in [0.25, 0.3) is 0 Å². The van der Waals surface area contributed by atoms with Crippen LogP contribution in [0.5, 0.6) is 0 Å². The summed E-state index contributed by atoms with van der Waals surface area (Å²) in [5, 5.41) is 2.99. The van der Waals surface area contributed by atoms with Gasteiger partial charge in [0.25, 0.3) is 5.91 Å². The van der Waals surface area contributed by atoms with Crippen LogP contribution in [-0.2, 0) is 17.6 Å². The summed E-state index contributed by atoms with van der Waals surface area (Å²) in [5.74, 6) is 0.112. The van der Waals surface area contributed by atoms with Crippen molar-refractivity contribution in [2.45, 2.75) is 33.1 Å². The number of nitrogens with zero attached hydrogens (tertiary/aromatic N) is 1. The van der Waals surface area contributed by atoms with Crippen molar-refractivity contribution in [3.63, 3.8) is 0 Å². The molecule has 0 bridgehead atoms. The van der Waals surface area contributed by atoms with E-state index < -0.39 is 0 Å². The van der Waals surface area contributed by atoms with E-state index in [2.05, 4.69) is 12.2 Å². The van der Waals surface area contributed by atoms with E-state index in [9.17, 15) is 9.59 Å². The van der Waals surface area contributed by atoms with Gasteiger partial charge in [0.2, 0.25) is 5.91 Å². The number of rotatable bonds is 2. The number of amides is 2. The monoisotopic (exact) mass is 320 g/mol. The molecule has 0 aliphatic carbocycles. The average molecular weight is 320 g/mol. The van der Waals surface area contributed by atoms with Crippen LogP contribution in [-0.4, -0.2) is 18.4 Å². The smallest absolute Gasteiger partial charge is 0.255 e. The molecule has 0 radical (unpaired) electrons. The fraction of sp³-hybridized carbons (Fsp3) is 0.300. The largest absolute Gasteiger partial charge is 0.322 e. The van der Waals surface area contributed by atoms with Gasteiger partial charge in [-0.2, -0.15) is 0 Å². The second kappa shape index (κ2) is 5.48. The van der Waals surface area contributed by atoms with Crippen LogP contribution in [0.2, 0.25) is 0 Å². The first kappa shape index (κ1) is 14.9. The first-order chi connectivity index (χ1) is 11.5. The zero-order chi connectivity index (χ0) is 16.8. The lowest BCUT2D eigenvalue weighted by Gasteiger charge is -2.25. The van der Waals surface area contributed by atoms with E-state index >= 15 is 0 Å². The highest BCUT2D eigenvalue weighted by molar-refractivity contribution is 6.06. The van der Waals surface area contributed by atoms with Gasteiger partial charge in [0.1, 0.15) is 0 Å². The summed E-state index contributed by atoms with van der Waals surface area (Å²) in [6.07, 6.45) is 2.09. The first-order valence-electron chi connectivity index (χ1n) is 8.38. The van der Waals surface area contributed by atoms with Crippen LogP contribution in [0.1, 0.15) is 39.0 Å². The fourth-order valence-electron chi connectivity index (χ4n) is 3.61. The van der Waals surface area contributed by atoms with Gasteiger partial charge in [0.05, 0.1) is 5.69 Å². The number of benzene rings is 2. The number of carbonyl (C=O) groups is 2. The number of carbonyl (C=O) groups excluding carboxylic acids is 2. The Hall–Kier alpha value is -2.62. The molecule has 4 nitrogen and oxygen atoms in total. The highest BCUT2D eigenvalue weighted by Gasteiger charge is 2.31. The Kier molecular flexibility index (Phi) is 3.41. The molecule has 4 rings (SSSR count). The van der Waals surface area contributed by atoms with Crippen molar-refractivity contribution in [3.8, 4) is 0 Å². The maximum atomic E-state index is 12.7. The summed E-state index contributed by atoms with van der Waals surface area (Å²) in [6, 6.07) is 9.82. The maximum absolute atomic E-state index is 12.7. The highest BCUT2D eigenvalue weighted by Crippen LogP contribution is 2.37. The van der Waals surface area contributed by atoms with Gasteiger partial charge in [-0.05, 0) is 73.2 Å². The fourth-order valence-corrected chi connectivity index (χ4v) is 3.61. The Balaban J connectivity index is 1.64. The van der Waals surface area contributed by atoms with Crippen LogP contribution >= 0.6 is 0 Å². The summed E-state index contributed by atoms with van der Waals surface area (Å²) >= 11 is 0. The molecule has 0 saturated carbocycles. The van der Waals surface area contributed by atoms with Gasteiger partial charge in [0, 0.05) is 24.2 Å². The summed E-state index contributed by atoms with van der Waals surface area (Å²) in [7, 11) is 0. The Morgan fingerprint density at radius 2 is 1.75 bits per heavy atom. The van der Waals surface area contributed by atoms with Crippen LogP contribution < -0.4 is 10.2 Å². The first-order valence-corrected chi connectivity index (χ1v) is 8.38. The molecule has 24 heavy (non-hydrogen) atoms. The Morgan fingerprint density at radius 1 is 1.00 bits per heavy atom. The number of aryl methyl sites for hydroxylation is 3. The maximum Gasteiger partial charge on any atom is 0.255 e. The van der Waals surface area contributed by atoms with E-state index in [0.29, 0.717) is 12.0 Å². The third kappa shape index (κ3) is 2.39. The Labute approximate surface area is 141 Å². The molecule has 2 aromatic carbocycles. The molecular weight excluding hydrogens is 300 g/mol. The molecule has 0 saturated heterocycles. The topological polar surface area (TPSA) is 49.4 Å². The molecule has 1 N–H and O–H groups in total. The minimum atomic E-state index is -0.0901. The van der Waals surface area contributed by atoms with Crippen LogP contribution in [0, 0.1) is 13.8 Å². The average Bonchev–Trinajstić information content (AvgIpc) is 3.00. The van der Waals surface area contributed by atoms with E-state index in [0.717, 1.165) is 47.5 Å². The standard InChI is InChI=1S/C20H20N2O2/c1-12-3-5-17(9-13(12)2)21-20(24)16-10-14-4-6-18(23)22-8-7-15(11-16)19(14)22/h3,5,9-11H,4,6-8H2,1-2H3,(H,21,24). The molecule has 0 spiro atoms. The molecule has 0 aromatic heterocycles. The van der Waals surface area contributed by atoms with E-state index in [4.69, 9.17) is 0 Å². The third-order valence-corrected chi connectivity index (χ3v) is 5.08. The third-order valence-electron chi connectivity index (χ3n) is 5.08. The molecule has 0 unspecified atom stereocenters. The molecule has 2 heterocycles. The second-order valence-electron chi connectivity index (χ2n) is 6.69. The van der Waals surface area contributed by atoms with Gasteiger partial charge < -0.3 is 10.2 Å². The van der Waals surface area contributed by atoms with Crippen molar-refractivity contribution in [1.29, 1.82) is 0 Å². The van der Waals surface area contributed by atoms with Gasteiger partial charge in [-0.1, -0.05) is 6.07 Å². The van der Waals surface area contributed by atoms with Crippen molar-refractivity contribution in [3.05, 3.63) is 58.1 Å². The van der Waals surface area contributed by atoms with Gasteiger partial charge in [-0.25, -0.2) is 0 Å². The molecule has 122 valence electrons. The lowest BCUT2D eigenvalue weighted by atomic mass is 9.96. The van der Waals surface area contributed by atoms with Crippen molar-refractivity contribution in [1.82, 2.24) is 0 Å². The predicted molar refractivity (Wildman–Crippen MR) is 94.7 cm³/mol. The molecule has 0 fully saturated rings. The van der Waals surface area contributed by atoms with E-state index in [-0.39, 0.29) is 11.8 Å². The van der Waals surface area contributed by atoms with Gasteiger partial charge in [0.15, 0.2) is 0 Å². The van der Waals surface area contributed by atoms with Crippen LogP contribution in [0.3, 0.4) is 0 Å². The summed E-state index contributed by atoms with van der Waals surface area (Å²) < 4.78 is 0. The van der Waals surface area contributed by atoms with Gasteiger partial charge in [-0.3, -0.25) is 9.59 Å². The molecule has 4 heteroatoms.